The normalized spacial score (nSPS) is 10.7. The maximum absolute atomic E-state index is 12.1. The third-order valence-corrected chi connectivity index (χ3v) is 4.63. The van der Waals surface area contributed by atoms with Crippen LogP contribution in [0.2, 0.25) is 0 Å². The molecule has 1 heterocycles. The van der Waals surface area contributed by atoms with E-state index in [1.54, 1.807) is 16.2 Å². The minimum absolute atomic E-state index is 0.0506. The predicted molar refractivity (Wildman–Crippen MR) is 87.8 cm³/mol. The first-order chi connectivity index (χ1) is 9.90. The van der Waals surface area contributed by atoms with E-state index in [1.807, 2.05) is 26.0 Å². The quantitative estimate of drug-likeness (QED) is 0.730. The number of carboxylic acids is 1. The Labute approximate surface area is 137 Å². The van der Waals surface area contributed by atoms with Crippen molar-refractivity contribution in [2.75, 3.05) is 13.1 Å². The second-order valence-corrected chi connectivity index (χ2v) is 7.52. The number of carboxylic acid groups (broad SMARTS) is 1. The lowest BCUT2D eigenvalue weighted by molar-refractivity contribution is -0.137. The monoisotopic (exact) mass is 376 g/mol. The van der Waals surface area contributed by atoms with Gasteiger partial charge in [0.25, 0.3) is 0 Å². The fourth-order valence-corrected chi connectivity index (χ4v) is 3.36. The molecular formula is C14H21BrN2O3S. The molecule has 1 rings (SSSR count). The first kappa shape index (κ1) is 18.0. The van der Waals surface area contributed by atoms with E-state index < -0.39 is 5.97 Å². The molecule has 0 unspecified atom stereocenters. The lowest BCUT2D eigenvalue weighted by Gasteiger charge is -2.26. The molecule has 2 amide bonds. The number of carbonyl (C=O) groups excluding carboxylic acids is 1. The number of urea groups is 1. The van der Waals surface area contributed by atoms with Gasteiger partial charge < -0.3 is 15.3 Å². The number of thiophene rings is 1. The number of hydrogen-bond donors (Lipinski definition) is 2. The molecule has 0 saturated carbocycles. The predicted octanol–water partition coefficient (Wildman–Crippen LogP) is 3.34. The van der Waals surface area contributed by atoms with E-state index in [9.17, 15) is 9.59 Å². The molecule has 0 aliphatic rings. The van der Waals surface area contributed by atoms with Crippen molar-refractivity contribution >= 4 is 39.3 Å². The van der Waals surface area contributed by atoms with Crippen LogP contribution in [0.25, 0.3) is 0 Å². The number of nitrogens with one attached hydrogen (secondary N) is 1. The van der Waals surface area contributed by atoms with Crippen LogP contribution < -0.4 is 5.32 Å². The van der Waals surface area contributed by atoms with Gasteiger partial charge >= 0.3 is 12.0 Å². The van der Waals surface area contributed by atoms with Gasteiger partial charge in [0.05, 0.1) is 3.79 Å². The van der Waals surface area contributed by atoms with Gasteiger partial charge in [0.1, 0.15) is 0 Å². The van der Waals surface area contributed by atoms with Crippen LogP contribution in [0.3, 0.4) is 0 Å². The summed E-state index contributed by atoms with van der Waals surface area (Å²) in [6.45, 7) is 4.89. The minimum Gasteiger partial charge on any atom is -0.481 e. The van der Waals surface area contributed by atoms with E-state index in [-0.39, 0.29) is 18.5 Å². The Morgan fingerprint density at radius 3 is 2.67 bits per heavy atom. The van der Waals surface area contributed by atoms with Crippen molar-refractivity contribution in [1.82, 2.24) is 10.2 Å². The maximum Gasteiger partial charge on any atom is 0.317 e. The van der Waals surface area contributed by atoms with Gasteiger partial charge in [-0.05, 0) is 54.8 Å². The van der Waals surface area contributed by atoms with Gasteiger partial charge in [-0.25, -0.2) is 4.79 Å². The average molecular weight is 377 g/mol. The molecule has 0 atom stereocenters. The van der Waals surface area contributed by atoms with Gasteiger partial charge in [0.15, 0.2) is 0 Å². The van der Waals surface area contributed by atoms with E-state index in [2.05, 4.69) is 21.2 Å². The van der Waals surface area contributed by atoms with Crippen LogP contribution in [0.4, 0.5) is 4.79 Å². The van der Waals surface area contributed by atoms with Crippen LogP contribution >= 0.6 is 27.3 Å². The van der Waals surface area contributed by atoms with Crippen LogP contribution in [-0.2, 0) is 11.2 Å². The Bertz CT molecular complexity index is 477. The molecule has 2 N–H and O–H groups in total. The zero-order valence-corrected chi connectivity index (χ0v) is 14.7. The van der Waals surface area contributed by atoms with Crippen molar-refractivity contribution in [3.63, 3.8) is 0 Å². The summed E-state index contributed by atoms with van der Waals surface area (Å²) >= 11 is 5.07. The molecule has 21 heavy (non-hydrogen) atoms. The summed E-state index contributed by atoms with van der Waals surface area (Å²) in [6, 6.07) is 3.95. The molecule has 1 aromatic rings. The summed E-state index contributed by atoms with van der Waals surface area (Å²) in [6.07, 6.45) is 1.35. The number of rotatable bonds is 8. The average Bonchev–Trinajstić information content (AvgIpc) is 2.79. The summed E-state index contributed by atoms with van der Waals surface area (Å²) in [5.41, 5.74) is 0. The van der Waals surface area contributed by atoms with Crippen LogP contribution in [0.5, 0.6) is 0 Å². The first-order valence-corrected chi connectivity index (χ1v) is 8.51. The summed E-state index contributed by atoms with van der Waals surface area (Å²) < 4.78 is 1.08. The molecule has 0 aliphatic carbocycles. The fraction of sp³-hybridized carbons (Fsp3) is 0.571. The van der Waals surface area contributed by atoms with Crippen molar-refractivity contribution in [2.45, 2.75) is 39.2 Å². The molecule has 0 saturated heterocycles. The Morgan fingerprint density at radius 1 is 1.43 bits per heavy atom. The summed E-state index contributed by atoms with van der Waals surface area (Å²) in [5, 5.41) is 11.5. The highest BCUT2D eigenvalue weighted by Gasteiger charge is 2.16. The smallest absolute Gasteiger partial charge is 0.317 e. The summed E-state index contributed by atoms with van der Waals surface area (Å²) in [7, 11) is 0. The largest absolute Gasteiger partial charge is 0.481 e. The zero-order chi connectivity index (χ0) is 15.8. The molecule has 5 nitrogen and oxygen atoms in total. The number of halogens is 1. The van der Waals surface area contributed by atoms with Crippen LogP contribution in [0.15, 0.2) is 15.9 Å². The first-order valence-electron chi connectivity index (χ1n) is 6.90. The molecule has 0 aromatic carbocycles. The minimum atomic E-state index is -0.831. The van der Waals surface area contributed by atoms with Crippen molar-refractivity contribution in [3.05, 3.63) is 20.8 Å². The number of aliphatic carboxylic acids is 1. The maximum atomic E-state index is 12.1. The fourth-order valence-electron chi connectivity index (χ4n) is 1.88. The Morgan fingerprint density at radius 2 is 2.14 bits per heavy atom. The molecule has 0 bridgehead atoms. The number of hydrogen-bond acceptors (Lipinski definition) is 3. The van der Waals surface area contributed by atoms with E-state index in [4.69, 9.17) is 5.11 Å². The highest BCUT2D eigenvalue weighted by Crippen LogP contribution is 2.22. The van der Waals surface area contributed by atoms with Gasteiger partial charge in [-0.3, -0.25) is 4.79 Å². The van der Waals surface area contributed by atoms with Crippen molar-refractivity contribution in [1.29, 1.82) is 0 Å². The highest BCUT2D eigenvalue weighted by molar-refractivity contribution is 9.11. The summed E-state index contributed by atoms with van der Waals surface area (Å²) in [4.78, 5) is 25.5. The molecule has 118 valence electrons. The molecule has 0 fully saturated rings. The lowest BCUT2D eigenvalue weighted by Crippen LogP contribution is -2.45. The second-order valence-electron chi connectivity index (χ2n) is 4.97. The Hall–Kier alpha value is -1.08. The molecule has 0 aliphatic heterocycles. The standard InChI is InChI=1S/C14H21BrN2O3S/c1-10(2)17(9-3-4-13(18)19)14(20)16-8-7-11-5-6-12(15)21-11/h5-6,10H,3-4,7-9H2,1-2H3,(H,16,20)(H,18,19). The zero-order valence-electron chi connectivity index (χ0n) is 12.3. The second kappa shape index (κ2) is 9.04. The van der Waals surface area contributed by atoms with Gasteiger partial charge in [0.2, 0.25) is 0 Å². The van der Waals surface area contributed by atoms with Crippen LogP contribution in [-0.4, -0.2) is 41.1 Å². The van der Waals surface area contributed by atoms with E-state index in [0.717, 1.165) is 10.2 Å². The van der Waals surface area contributed by atoms with E-state index in [1.165, 1.54) is 4.88 Å². The summed E-state index contributed by atoms with van der Waals surface area (Å²) in [5.74, 6) is -0.831. The number of nitrogens with zero attached hydrogens (tertiary/aromatic N) is 1. The Balaban J connectivity index is 2.36. The lowest BCUT2D eigenvalue weighted by atomic mass is 10.2. The van der Waals surface area contributed by atoms with Crippen LogP contribution in [0, 0.1) is 0 Å². The van der Waals surface area contributed by atoms with Crippen molar-refractivity contribution in [2.24, 2.45) is 0 Å². The molecule has 0 spiro atoms. The third kappa shape index (κ3) is 6.95. The van der Waals surface area contributed by atoms with Gasteiger partial charge in [-0.2, -0.15) is 0 Å². The highest BCUT2D eigenvalue weighted by atomic mass is 79.9. The van der Waals surface area contributed by atoms with E-state index in [0.29, 0.717) is 19.5 Å². The van der Waals surface area contributed by atoms with Crippen LogP contribution in [0.1, 0.15) is 31.6 Å². The SMILES string of the molecule is CC(C)N(CCCC(=O)O)C(=O)NCCc1ccc(Br)s1. The molecule has 7 heteroatoms. The number of carbonyl (C=O) groups is 2. The third-order valence-electron chi connectivity index (χ3n) is 2.95. The Kier molecular flexibility index (Phi) is 7.74. The molecule has 1 aromatic heterocycles. The van der Waals surface area contributed by atoms with Crippen molar-refractivity contribution in [3.8, 4) is 0 Å². The number of amides is 2. The topological polar surface area (TPSA) is 69.6 Å². The van der Waals surface area contributed by atoms with Gasteiger partial charge in [-0.1, -0.05) is 0 Å². The molecule has 0 radical (unpaired) electrons. The van der Waals surface area contributed by atoms with Gasteiger partial charge in [0, 0.05) is 30.4 Å². The van der Waals surface area contributed by atoms with Crippen molar-refractivity contribution < 1.29 is 14.7 Å². The van der Waals surface area contributed by atoms with Gasteiger partial charge in [-0.15, -0.1) is 11.3 Å². The molecular weight excluding hydrogens is 356 g/mol. The van der Waals surface area contributed by atoms with E-state index >= 15 is 0 Å².